The van der Waals surface area contributed by atoms with Crippen molar-refractivity contribution in [1.82, 2.24) is 0 Å². The van der Waals surface area contributed by atoms with Gasteiger partial charge in [0.2, 0.25) is 0 Å². The number of phosphoric acid groups is 1. The fourth-order valence-electron chi connectivity index (χ4n) is 0.767. The average molecular weight is 311 g/mol. The molecule has 3 unspecified atom stereocenters. The third-order valence-electron chi connectivity index (χ3n) is 1.63. The number of rotatable bonds is 7. The van der Waals surface area contributed by atoms with Crippen LogP contribution >= 0.6 is 31.0 Å². The Morgan fingerprint density at radius 3 is 2.62 bits per heavy atom. The van der Waals surface area contributed by atoms with E-state index in [0.717, 1.165) is 12.6 Å². The van der Waals surface area contributed by atoms with Gasteiger partial charge in [-0.05, 0) is 0 Å². The standard InChI is InChI=1S/C7H13Cl2O5PS/c1-3-16(12)7(6(9)4-8)5-14-15(10,11)13-2/h4,7H,3,5H2,1-2H3,(H,10,11). The molecule has 0 radical (unpaired) electrons. The largest absolute Gasteiger partial charge is 0.471 e. The highest BCUT2D eigenvalue weighted by Gasteiger charge is 2.25. The zero-order valence-corrected chi connectivity index (χ0v) is 12.0. The second-order valence-electron chi connectivity index (χ2n) is 2.60. The normalized spacial score (nSPS) is 20.2. The van der Waals surface area contributed by atoms with Gasteiger partial charge in [-0.15, -0.1) is 0 Å². The predicted octanol–water partition coefficient (Wildman–Crippen LogP) is 2.21. The molecule has 0 aliphatic rings. The zero-order chi connectivity index (χ0) is 12.8. The number of hydrogen-bond acceptors (Lipinski definition) is 4. The van der Waals surface area contributed by atoms with Crippen LogP contribution < -0.4 is 0 Å². The Balaban J connectivity index is 4.58. The third kappa shape index (κ3) is 5.77. The van der Waals surface area contributed by atoms with E-state index in [1.54, 1.807) is 6.92 Å². The zero-order valence-electron chi connectivity index (χ0n) is 8.76. The van der Waals surface area contributed by atoms with Gasteiger partial charge in [-0.25, -0.2) is 4.57 Å². The van der Waals surface area contributed by atoms with Crippen LogP contribution in [-0.4, -0.2) is 33.8 Å². The second-order valence-corrected chi connectivity index (χ2v) is 6.72. The van der Waals surface area contributed by atoms with E-state index in [1.807, 2.05) is 0 Å². The fourth-order valence-corrected chi connectivity index (χ4v) is 2.84. The Kier molecular flexibility index (Phi) is 8.10. The molecule has 3 atom stereocenters. The summed E-state index contributed by atoms with van der Waals surface area (Å²) in [7, 11) is -4.39. The lowest BCUT2D eigenvalue weighted by molar-refractivity contribution is 0.177. The van der Waals surface area contributed by atoms with Crippen molar-refractivity contribution >= 4 is 41.8 Å². The van der Waals surface area contributed by atoms with Crippen molar-refractivity contribution in [1.29, 1.82) is 0 Å². The lowest BCUT2D eigenvalue weighted by atomic mass is 10.4. The molecule has 16 heavy (non-hydrogen) atoms. The monoisotopic (exact) mass is 310 g/mol. The maximum absolute atomic E-state index is 11.6. The van der Waals surface area contributed by atoms with Crippen molar-refractivity contribution < 1.29 is 22.7 Å². The Morgan fingerprint density at radius 1 is 1.69 bits per heavy atom. The topological polar surface area (TPSA) is 72.8 Å². The van der Waals surface area contributed by atoms with Crippen LogP contribution in [0.25, 0.3) is 0 Å². The maximum atomic E-state index is 11.6. The van der Waals surface area contributed by atoms with E-state index in [9.17, 15) is 8.77 Å². The highest BCUT2D eigenvalue weighted by molar-refractivity contribution is 7.85. The van der Waals surface area contributed by atoms with E-state index in [0.29, 0.717) is 5.75 Å². The molecular formula is C7H13Cl2O5PS. The van der Waals surface area contributed by atoms with Gasteiger partial charge < -0.3 is 4.89 Å². The molecule has 96 valence electrons. The summed E-state index contributed by atoms with van der Waals surface area (Å²) in [6, 6.07) is 0. The quantitative estimate of drug-likeness (QED) is 0.730. The smallest absolute Gasteiger partial charge is 0.303 e. The van der Waals surface area contributed by atoms with Crippen LogP contribution in [0.15, 0.2) is 10.6 Å². The van der Waals surface area contributed by atoms with Gasteiger partial charge in [0.25, 0.3) is 0 Å². The van der Waals surface area contributed by atoms with Crippen molar-refractivity contribution in [2.45, 2.75) is 12.2 Å². The minimum absolute atomic E-state index is 0.109. The fraction of sp³-hybridized carbons (Fsp3) is 0.714. The highest BCUT2D eigenvalue weighted by atomic mass is 35.5. The van der Waals surface area contributed by atoms with E-state index < -0.39 is 23.9 Å². The van der Waals surface area contributed by atoms with Crippen molar-refractivity contribution in [2.75, 3.05) is 19.5 Å². The molecule has 0 aromatic carbocycles. The Labute approximate surface area is 107 Å². The molecule has 0 saturated carbocycles. The molecule has 9 heteroatoms. The number of hydrogen-bond donors (Lipinski definition) is 1. The number of halogens is 2. The van der Waals surface area contributed by atoms with Gasteiger partial charge in [0.1, 0.15) is 0 Å². The number of phosphoric ester groups is 1. The predicted molar refractivity (Wildman–Crippen MR) is 65.0 cm³/mol. The first kappa shape index (κ1) is 16.6. The van der Waals surface area contributed by atoms with Gasteiger partial charge in [0, 0.05) is 34.2 Å². The molecule has 0 spiro atoms. The molecule has 0 fully saturated rings. The summed E-state index contributed by atoms with van der Waals surface area (Å²) < 4.78 is 31.4. The lowest BCUT2D eigenvalue weighted by Gasteiger charge is -2.16. The van der Waals surface area contributed by atoms with Crippen LogP contribution in [0.2, 0.25) is 0 Å². The van der Waals surface area contributed by atoms with Crippen molar-refractivity contribution in [3.63, 3.8) is 0 Å². The van der Waals surface area contributed by atoms with E-state index >= 15 is 0 Å². The van der Waals surface area contributed by atoms with Crippen molar-refractivity contribution in [3.05, 3.63) is 10.6 Å². The molecule has 0 bridgehead atoms. The van der Waals surface area contributed by atoms with Gasteiger partial charge in [-0.1, -0.05) is 30.1 Å². The summed E-state index contributed by atoms with van der Waals surface area (Å²) in [6.45, 7) is 1.39. The Morgan fingerprint density at radius 2 is 2.25 bits per heavy atom. The van der Waals surface area contributed by atoms with Crippen LogP contribution in [0, 0.1) is 0 Å². The van der Waals surface area contributed by atoms with Crippen molar-refractivity contribution in [2.24, 2.45) is 0 Å². The average Bonchev–Trinajstić information content (AvgIpc) is 2.28. The Bertz CT molecular complexity index is 322. The van der Waals surface area contributed by atoms with Crippen LogP contribution in [-0.2, 0) is 24.4 Å². The van der Waals surface area contributed by atoms with Gasteiger partial charge in [0.15, 0.2) is 0 Å². The first-order valence-corrected chi connectivity index (χ1v) is 7.93. The molecule has 0 heterocycles. The lowest BCUT2D eigenvalue weighted by Crippen LogP contribution is -2.23. The van der Waals surface area contributed by atoms with Crippen molar-refractivity contribution in [3.8, 4) is 0 Å². The molecule has 1 N–H and O–H groups in total. The van der Waals surface area contributed by atoms with E-state index in [1.165, 1.54) is 0 Å². The van der Waals surface area contributed by atoms with Gasteiger partial charge in [0.05, 0.1) is 11.9 Å². The summed E-state index contributed by atoms with van der Waals surface area (Å²) >= 11 is 11.1. The summed E-state index contributed by atoms with van der Waals surface area (Å²) in [4.78, 5) is 9.00. The van der Waals surface area contributed by atoms with E-state index in [4.69, 9.17) is 28.1 Å². The molecular weight excluding hydrogens is 298 g/mol. The van der Waals surface area contributed by atoms with Crippen LogP contribution in [0.4, 0.5) is 0 Å². The van der Waals surface area contributed by atoms with Gasteiger partial charge >= 0.3 is 7.82 Å². The minimum Gasteiger partial charge on any atom is -0.303 e. The van der Waals surface area contributed by atoms with Gasteiger partial charge in [-0.2, -0.15) is 0 Å². The van der Waals surface area contributed by atoms with Crippen LogP contribution in [0.1, 0.15) is 6.92 Å². The molecule has 5 nitrogen and oxygen atoms in total. The molecule has 0 rings (SSSR count). The third-order valence-corrected chi connectivity index (χ3v) is 5.01. The van der Waals surface area contributed by atoms with E-state index in [-0.39, 0.29) is 11.6 Å². The van der Waals surface area contributed by atoms with Gasteiger partial charge in [-0.3, -0.25) is 13.3 Å². The summed E-state index contributed by atoms with van der Waals surface area (Å²) in [5.41, 5.74) is 1.05. The maximum Gasteiger partial charge on any atom is 0.471 e. The molecule has 0 aliphatic carbocycles. The second kappa shape index (κ2) is 7.82. The Hall–Kier alpha value is 0.580. The minimum atomic E-state index is -4.09. The first-order chi connectivity index (χ1) is 7.37. The molecule has 0 amide bonds. The van der Waals surface area contributed by atoms with Crippen LogP contribution in [0.5, 0.6) is 0 Å². The summed E-state index contributed by atoms with van der Waals surface area (Å²) in [5.74, 6) is 0.331. The highest BCUT2D eigenvalue weighted by Crippen LogP contribution is 2.42. The molecule has 0 aromatic rings. The summed E-state index contributed by atoms with van der Waals surface area (Å²) in [6.07, 6.45) is 0. The molecule has 0 aliphatic heterocycles. The molecule has 0 saturated heterocycles. The van der Waals surface area contributed by atoms with E-state index in [2.05, 4.69) is 9.05 Å². The SMILES string of the molecule is CCS(=O)C(COP(=O)(O)OC)C(Cl)=CCl. The molecule has 0 aromatic heterocycles. The summed E-state index contributed by atoms with van der Waals surface area (Å²) in [5, 5.41) is -0.627. The first-order valence-electron chi connectivity index (χ1n) is 4.24. The van der Waals surface area contributed by atoms with Crippen LogP contribution in [0.3, 0.4) is 0 Å².